The molecule has 0 amide bonds. The van der Waals surface area contributed by atoms with Crippen LogP contribution in [0.25, 0.3) is 0 Å². The first-order valence-corrected chi connectivity index (χ1v) is 20.2. The average molecular weight is 911 g/mol. The Balaban J connectivity index is 1.17. The van der Waals surface area contributed by atoms with Gasteiger partial charge in [-0.2, -0.15) is 0 Å². The summed E-state index contributed by atoms with van der Waals surface area (Å²) >= 11 is 0. The van der Waals surface area contributed by atoms with Gasteiger partial charge in [0.05, 0.1) is 70.6 Å². The molecule has 5 rings (SSSR count). The Hall–Kier alpha value is -4.82. The van der Waals surface area contributed by atoms with Gasteiger partial charge in [-0.25, -0.2) is 9.59 Å². The van der Waals surface area contributed by atoms with Crippen LogP contribution >= 0.6 is 0 Å². The summed E-state index contributed by atoms with van der Waals surface area (Å²) in [6, 6.07) is 6.26. The van der Waals surface area contributed by atoms with Crippen molar-refractivity contribution in [2.24, 2.45) is 11.8 Å². The predicted molar refractivity (Wildman–Crippen MR) is 210 cm³/mol. The highest BCUT2D eigenvalue weighted by Gasteiger charge is 2.48. The molecule has 14 atom stereocenters. The monoisotopic (exact) mass is 910 g/mol. The van der Waals surface area contributed by atoms with Crippen molar-refractivity contribution in [2.45, 2.75) is 107 Å². The zero-order valence-corrected chi connectivity index (χ0v) is 35.2. The number of allylic oxidation sites excluding steroid dienone is 2. The fourth-order valence-electron chi connectivity index (χ4n) is 7.42. The Morgan fingerprint density at radius 3 is 1.47 bits per heavy atom. The molecule has 0 unspecified atom stereocenters. The lowest BCUT2D eigenvalue weighted by Gasteiger charge is -2.41. The number of aliphatic hydroxyl groups excluding tert-OH is 8. The minimum atomic E-state index is -1.75. The number of rotatable bonds is 16. The van der Waals surface area contributed by atoms with Gasteiger partial charge in [-0.05, 0) is 31.5 Å². The minimum absolute atomic E-state index is 0.0381. The number of hydrogen-bond donors (Lipinski definition) is 8. The standard InChI is InChI=1S/C42H54O22/c1-5-21-23(25(37(53)55-3)17-58-39(21)63-41-35(51)33(49)31(47)27(15-43)61-41)13-29(45)57-12-11-19-7-9-20(10-8-19)60-30(46)14-24-22(6-2)40(59-18-26(24)38(54)56-4)64-42-36(52)34(50)32(48)28(16-44)62-42/h5-10,17-18,23-24,27-28,31-36,39-44,47-52H,11-16H2,1-4H3/b21-5+,22-6+/t23-,24-,27+,28+,31+,32+,33-,34-,35+,36+,39-,40-,41-,42-/m0/s1. The molecule has 0 aliphatic carbocycles. The maximum absolute atomic E-state index is 13.3. The first kappa shape index (κ1) is 50.2. The second kappa shape index (κ2) is 22.9. The zero-order chi connectivity index (χ0) is 46.8. The van der Waals surface area contributed by atoms with Gasteiger partial charge in [-0.1, -0.05) is 24.3 Å². The fourth-order valence-corrected chi connectivity index (χ4v) is 7.42. The number of methoxy groups -OCH3 is 2. The quantitative estimate of drug-likeness (QED) is 0.0386. The van der Waals surface area contributed by atoms with E-state index in [2.05, 4.69) is 0 Å². The Labute approximate surface area is 366 Å². The molecule has 0 radical (unpaired) electrons. The van der Waals surface area contributed by atoms with Crippen LogP contribution in [-0.2, 0) is 68.2 Å². The number of benzene rings is 1. The van der Waals surface area contributed by atoms with Crippen LogP contribution in [0, 0.1) is 11.8 Å². The van der Waals surface area contributed by atoms with Gasteiger partial charge in [0.25, 0.3) is 0 Å². The molecule has 4 aliphatic heterocycles. The van der Waals surface area contributed by atoms with E-state index in [-0.39, 0.29) is 47.5 Å². The topological polar surface area (TPSA) is 322 Å². The summed E-state index contributed by atoms with van der Waals surface area (Å²) < 4.78 is 54.4. The van der Waals surface area contributed by atoms with Gasteiger partial charge in [-0.3, -0.25) is 9.59 Å². The SMILES string of the molecule is C/C=C1/[C@H](O[C@@H]2O[C@H](CO)[C@@H](O)[C@H](O)[C@H]2O)OC=C(C(=O)OC)[C@H]1CC(=O)OCCc1ccc(OC(=O)C[C@@H]2C(C(=O)OC)=CO[C@@H](O[C@@H]3O[C@H](CO)[C@@H](O)[C@H](O)[C@H]3O)/C2=C/C)cc1. The molecule has 8 N–H and O–H groups in total. The Morgan fingerprint density at radius 1 is 0.625 bits per heavy atom. The van der Waals surface area contributed by atoms with Crippen LogP contribution < -0.4 is 4.74 Å². The molecule has 22 nitrogen and oxygen atoms in total. The lowest BCUT2D eigenvalue weighted by atomic mass is 9.86. The number of aliphatic hydroxyl groups is 8. The van der Waals surface area contributed by atoms with Gasteiger partial charge in [0.15, 0.2) is 12.6 Å². The highest BCUT2D eigenvalue weighted by molar-refractivity contribution is 5.91. The number of carbonyl (C=O) groups excluding carboxylic acids is 4. The van der Waals surface area contributed by atoms with Gasteiger partial charge < -0.3 is 88.2 Å². The summed E-state index contributed by atoms with van der Waals surface area (Å²) in [6.07, 6.45) is -14.0. The van der Waals surface area contributed by atoms with Crippen LogP contribution in [0.1, 0.15) is 32.3 Å². The number of hydrogen-bond acceptors (Lipinski definition) is 22. The van der Waals surface area contributed by atoms with E-state index in [0.717, 1.165) is 26.7 Å². The molecule has 4 aliphatic rings. The van der Waals surface area contributed by atoms with Crippen LogP contribution in [0.4, 0.5) is 0 Å². The highest BCUT2D eigenvalue weighted by atomic mass is 16.8. The summed E-state index contributed by atoms with van der Waals surface area (Å²) in [6.45, 7) is 1.68. The molecule has 2 saturated heterocycles. The summed E-state index contributed by atoms with van der Waals surface area (Å²) in [5.74, 6) is -4.95. The van der Waals surface area contributed by atoms with E-state index in [1.54, 1.807) is 26.0 Å². The van der Waals surface area contributed by atoms with Crippen molar-refractivity contribution in [2.75, 3.05) is 34.0 Å². The van der Waals surface area contributed by atoms with E-state index < -0.39 is 129 Å². The van der Waals surface area contributed by atoms with Crippen molar-refractivity contribution < 1.29 is 107 Å². The second-order valence-electron chi connectivity index (χ2n) is 14.9. The molecule has 0 saturated carbocycles. The smallest absolute Gasteiger partial charge is 0.337 e. The molecule has 0 bridgehead atoms. The fraction of sp³-hybridized carbons (Fsp3) is 0.571. The predicted octanol–water partition coefficient (Wildman–Crippen LogP) is -1.96. The first-order valence-electron chi connectivity index (χ1n) is 20.2. The first-order chi connectivity index (χ1) is 30.6. The van der Waals surface area contributed by atoms with Crippen molar-refractivity contribution in [3.63, 3.8) is 0 Å². The Morgan fingerprint density at radius 2 is 1.06 bits per heavy atom. The largest absolute Gasteiger partial charge is 0.468 e. The second-order valence-corrected chi connectivity index (χ2v) is 14.9. The van der Waals surface area contributed by atoms with E-state index in [9.17, 15) is 60.0 Å². The molecule has 1 aromatic rings. The van der Waals surface area contributed by atoms with E-state index >= 15 is 0 Å². The van der Waals surface area contributed by atoms with Gasteiger partial charge in [0.1, 0.15) is 54.6 Å². The van der Waals surface area contributed by atoms with E-state index in [1.807, 2.05) is 0 Å². The number of carbonyl (C=O) groups is 4. The number of esters is 4. The van der Waals surface area contributed by atoms with Gasteiger partial charge in [0.2, 0.25) is 12.6 Å². The highest BCUT2D eigenvalue weighted by Crippen LogP contribution is 2.38. The molecule has 2 fully saturated rings. The Kier molecular flexibility index (Phi) is 17.9. The Bertz CT molecular complexity index is 1910. The van der Waals surface area contributed by atoms with Crippen LogP contribution in [0.2, 0.25) is 0 Å². The minimum Gasteiger partial charge on any atom is -0.468 e. The van der Waals surface area contributed by atoms with Gasteiger partial charge in [-0.15, -0.1) is 0 Å². The van der Waals surface area contributed by atoms with E-state index in [0.29, 0.717) is 5.56 Å². The maximum Gasteiger partial charge on any atom is 0.337 e. The third-order valence-corrected chi connectivity index (χ3v) is 11.0. The van der Waals surface area contributed by atoms with Crippen molar-refractivity contribution in [1.29, 1.82) is 0 Å². The molecule has 4 heterocycles. The normalized spacial score (nSPS) is 34.1. The van der Waals surface area contributed by atoms with Crippen LogP contribution in [0.3, 0.4) is 0 Å². The molecule has 22 heteroatoms. The number of ether oxygens (including phenoxy) is 10. The molecular weight excluding hydrogens is 856 g/mol. The zero-order valence-electron chi connectivity index (χ0n) is 35.2. The summed E-state index contributed by atoms with van der Waals surface area (Å²) in [4.78, 5) is 51.9. The van der Waals surface area contributed by atoms with E-state index in [4.69, 9.17) is 47.4 Å². The van der Waals surface area contributed by atoms with Crippen LogP contribution in [-0.4, -0.2) is 173 Å². The summed E-state index contributed by atoms with van der Waals surface area (Å²) in [5, 5.41) is 80.8. The average Bonchev–Trinajstić information content (AvgIpc) is 3.29. The third kappa shape index (κ3) is 11.5. The lowest BCUT2D eigenvalue weighted by molar-refractivity contribution is -0.327. The van der Waals surface area contributed by atoms with Crippen molar-refractivity contribution >= 4 is 23.9 Å². The summed E-state index contributed by atoms with van der Waals surface area (Å²) in [5.41, 5.74) is 1.08. The lowest BCUT2D eigenvalue weighted by Crippen LogP contribution is -2.60. The summed E-state index contributed by atoms with van der Waals surface area (Å²) in [7, 11) is 2.28. The van der Waals surface area contributed by atoms with Gasteiger partial charge >= 0.3 is 23.9 Å². The molecular formula is C42H54O22. The van der Waals surface area contributed by atoms with Crippen molar-refractivity contribution in [3.8, 4) is 5.75 Å². The third-order valence-electron chi connectivity index (χ3n) is 11.0. The maximum atomic E-state index is 13.3. The van der Waals surface area contributed by atoms with E-state index in [1.165, 1.54) is 24.3 Å². The van der Waals surface area contributed by atoms with Crippen molar-refractivity contribution in [1.82, 2.24) is 0 Å². The molecule has 64 heavy (non-hydrogen) atoms. The van der Waals surface area contributed by atoms with Crippen LogP contribution in [0.5, 0.6) is 5.75 Å². The van der Waals surface area contributed by atoms with Crippen LogP contribution in [0.15, 0.2) is 71.2 Å². The molecule has 354 valence electrons. The molecule has 0 aromatic heterocycles. The molecule has 0 spiro atoms. The molecule has 1 aromatic carbocycles. The van der Waals surface area contributed by atoms with Gasteiger partial charge in [0, 0.05) is 29.4 Å². The van der Waals surface area contributed by atoms with Crippen molar-refractivity contribution in [3.05, 3.63) is 76.8 Å².